The molecule has 2 aromatic rings. The van der Waals surface area contributed by atoms with E-state index >= 15 is 0 Å². The molecule has 0 saturated carbocycles. The fraction of sp³-hybridized carbons (Fsp3) is 0.100. The number of nitrogens with one attached hydrogen (secondary N) is 1. The van der Waals surface area contributed by atoms with Crippen LogP contribution in [0.2, 0.25) is 5.02 Å². The van der Waals surface area contributed by atoms with Crippen molar-refractivity contribution in [2.24, 2.45) is 0 Å². The normalized spacial score (nSPS) is 11.7. The Morgan fingerprint density at radius 2 is 1.77 bits per heavy atom. The summed E-state index contributed by atoms with van der Waals surface area (Å²) in [5.41, 5.74) is 5.28. The number of hydrogen-bond acceptors (Lipinski definition) is 1. The highest BCUT2D eigenvalue weighted by Gasteiger charge is 2.01. The van der Waals surface area contributed by atoms with E-state index in [1.165, 1.54) is 11.1 Å². The maximum absolute atomic E-state index is 5.99. The van der Waals surface area contributed by atoms with Crippen LogP contribution < -0.4 is 5.32 Å². The smallest absolute Gasteiger partial charge is 0.0426 e. The first-order valence-corrected chi connectivity index (χ1v) is 7.60. The Labute approximate surface area is 137 Å². The van der Waals surface area contributed by atoms with Crippen LogP contribution in [0.1, 0.15) is 25.0 Å². The Kier molecular flexibility index (Phi) is 5.62. The molecule has 112 valence electrons. The predicted molar refractivity (Wildman–Crippen MR) is 99.0 cm³/mol. The molecule has 1 nitrogen and oxygen atoms in total. The van der Waals surface area contributed by atoms with Gasteiger partial charge in [0, 0.05) is 16.4 Å². The third-order valence-electron chi connectivity index (χ3n) is 3.35. The average Bonchev–Trinajstić information content (AvgIpc) is 2.52. The van der Waals surface area contributed by atoms with Crippen molar-refractivity contribution in [3.8, 4) is 0 Å². The number of benzene rings is 2. The third kappa shape index (κ3) is 4.37. The van der Waals surface area contributed by atoms with Crippen LogP contribution in [0.3, 0.4) is 0 Å². The highest BCUT2D eigenvalue weighted by molar-refractivity contribution is 6.30. The van der Waals surface area contributed by atoms with Gasteiger partial charge in [-0.15, -0.1) is 0 Å². The van der Waals surface area contributed by atoms with Crippen molar-refractivity contribution in [3.05, 3.63) is 89.5 Å². The molecule has 1 N–H and O–H groups in total. The summed E-state index contributed by atoms with van der Waals surface area (Å²) in [7, 11) is 0. The van der Waals surface area contributed by atoms with Crippen LogP contribution in [-0.4, -0.2) is 0 Å². The largest absolute Gasteiger partial charge is 0.355 e. The predicted octanol–water partition coefficient (Wildman–Crippen LogP) is 6.40. The summed E-state index contributed by atoms with van der Waals surface area (Å²) >= 11 is 5.99. The lowest BCUT2D eigenvalue weighted by Crippen LogP contribution is -1.97. The van der Waals surface area contributed by atoms with Crippen molar-refractivity contribution in [3.63, 3.8) is 0 Å². The van der Waals surface area contributed by atoms with E-state index in [1.807, 2.05) is 43.3 Å². The standard InChI is InChI=1S/C20H20ClN/c1-4-5-7-15(2)17-10-12-18(13-11-17)16(3)22-20-9-6-8-19(21)14-20/h4-14,22H,3H2,1-2H3/b5-4-,15-7+. The van der Waals surface area contributed by atoms with Gasteiger partial charge in [-0.25, -0.2) is 0 Å². The summed E-state index contributed by atoms with van der Waals surface area (Å²) in [6.07, 6.45) is 6.17. The van der Waals surface area contributed by atoms with Crippen LogP contribution in [0.25, 0.3) is 11.3 Å². The minimum absolute atomic E-state index is 0.706. The van der Waals surface area contributed by atoms with Gasteiger partial charge < -0.3 is 5.32 Å². The second kappa shape index (κ2) is 7.67. The lowest BCUT2D eigenvalue weighted by Gasteiger charge is -2.11. The van der Waals surface area contributed by atoms with Gasteiger partial charge in [0.15, 0.2) is 0 Å². The molecule has 0 unspecified atom stereocenters. The Balaban J connectivity index is 2.11. The highest BCUT2D eigenvalue weighted by Crippen LogP contribution is 2.22. The first kappa shape index (κ1) is 16.1. The number of hydrogen-bond donors (Lipinski definition) is 1. The topological polar surface area (TPSA) is 12.0 Å². The Bertz CT molecular complexity index is 709. The van der Waals surface area contributed by atoms with Crippen LogP contribution >= 0.6 is 11.6 Å². The van der Waals surface area contributed by atoms with Crippen molar-refractivity contribution in [1.29, 1.82) is 0 Å². The molecule has 0 saturated heterocycles. The molecule has 2 heteroatoms. The van der Waals surface area contributed by atoms with Gasteiger partial charge in [0.05, 0.1) is 0 Å². The molecule has 0 aliphatic rings. The van der Waals surface area contributed by atoms with E-state index < -0.39 is 0 Å². The Morgan fingerprint density at radius 3 is 2.41 bits per heavy atom. The summed E-state index contributed by atoms with van der Waals surface area (Å²) in [5.74, 6) is 0. The molecule has 2 rings (SSSR count). The van der Waals surface area contributed by atoms with E-state index in [4.69, 9.17) is 11.6 Å². The molecule has 0 radical (unpaired) electrons. The van der Waals surface area contributed by atoms with Gasteiger partial charge in [-0.3, -0.25) is 0 Å². The third-order valence-corrected chi connectivity index (χ3v) is 3.58. The molecule has 2 aromatic carbocycles. The summed E-state index contributed by atoms with van der Waals surface area (Å²) < 4.78 is 0. The average molecular weight is 310 g/mol. The second-order valence-electron chi connectivity index (χ2n) is 5.07. The fourth-order valence-corrected chi connectivity index (χ4v) is 2.27. The van der Waals surface area contributed by atoms with Crippen molar-refractivity contribution in [2.75, 3.05) is 5.32 Å². The van der Waals surface area contributed by atoms with Gasteiger partial charge in [-0.1, -0.05) is 66.7 Å². The van der Waals surface area contributed by atoms with Crippen molar-refractivity contribution < 1.29 is 0 Å². The second-order valence-corrected chi connectivity index (χ2v) is 5.50. The summed E-state index contributed by atoms with van der Waals surface area (Å²) in [6, 6.07) is 16.0. The first-order valence-electron chi connectivity index (χ1n) is 7.22. The zero-order valence-corrected chi connectivity index (χ0v) is 13.7. The zero-order valence-electron chi connectivity index (χ0n) is 12.9. The van der Waals surface area contributed by atoms with Gasteiger partial charge in [-0.05, 0) is 48.7 Å². The van der Waals surface area contributed by atoms with Gasteiger partial charge in [0.1, 0.15) is 0 Å². The van der Waals surface area contributed by atoms with E-state index in [-0.39, 0.29) is 0 Å². The fourth-order valence-electron chi connectivity index (χ4n) is 2.08. The lowest BCUT2D eigenvalue weighted by molar-refractivity contribution is 1.50. The number of rotatable bonds is 5. The molecular weight excluding hydrogens is 290 g/mol. The van der Waals surface area contributed by atoms with Crippen molar-refractivity contribution in [1.82, 2.24) is 0 Å². The molecule has 0 spiro atoms. The Morgan fingerprint density at radius 1 is 1.09 bits per heavy atom. The zero-order chi connectivity index (χ0) is 15.9. The monoisotopic (exact) mass is 309 g/mol. The summed E-state index contributed by atoms with van der Waals surface area (Å²) in [4.78, 5) is 0. The minimum Gasteiger partial charge on any atom is -0.355 e. The maximum Gasteiger partial charge on any atom is 0.0426 e. The van der Waals surface area contributed by atoms with Crippen LogP contribution in [0.15, 0.2) is 73.3 Å². The van der Waals surface area contributed by atoms with Crippen LogP contribution in [0.4, 0.5) is 5.69 Å². The molecule has 0 aliphatic carbocycles. The molecule has 0 aliphatic heterocycles. The molecule has 0 atom stereocenters. The van der Waals surface area contributed by atoms with E-state index in [9.17, 15) is 0 Å². The minimum atomic E-state index is 0.706. The van der Waals surface area contributed by atoms with Crippen LogP contribution in [-0.2, 0) is 0 Å². The molecule has 0 heterocycles. The molecule has 22 heavy (non-hydrogen) atoms. The SMILES string of the molecule is C=C(Nc1cccc(Cl)c1)c1ccc(/C(C)=C/C=C\C)cc1. The van der Waals surface area contributed by atoms with Crippen molar-refractivity contribution in [2.45, 2.75) is 13.8 Å². The molecule has 0 aromatic heterocycles. The number of halogens is 1. The van der Waals surface area contributed by atoms with Gasteiger partial charge >= 0.3 is 0 Å². The number of anilines is 1. The molecule has 0 fully saturated rings. The number of allylic oxidation sites excluding steroid dienone is 4. The lowest BCUT2D eigenvalue weighted by atomic mass is 10.0. The molecular formula is C20H20ClN. The molecule has 0 amide bonds. The summed E-state index contributed by atoms with van der Waals surface area (Å²) in [6.45, 7) is 8.21. The van der Waals surface area contributed by atoms with Crippen LogP contribution in [0.5, 0.6) is 0 Å². The highest BCUT2D eigenvalue weighted by atomic mass is 35.5. The first-order chi connectivity index (χ1) is 10.6. The summed E-state index contributed by atoms with van der Waals surface area (Å²) in [5, 5.41) is 3.98. The van der Waals surface area contributed by atoms with E-state index in [1.54, 1.807) is 0 Å². The van der Waals surface area contributed by atoms with Crippen molar-refractivity contribution >= 4 is 28.6 Å². The molecule has 0 bridgehead atoms. The van der Waals surface area contributed by atoms with E-state index in [0.717, 1.165) is 16.9 Å². The maximum atomic E-state index is 5.99. The quantitative estimate of drug-likeness (QED) is 0.630. The Hall–Kier alpha value is -2.25. The van der Waals surface area contributed by atoms with Gasteiger partial charge in [-0.2, -0.15) is 0 Å². The van der Waals surface area contributed by atoms with Gasteiger partial charge in [0.25, 0.3) is 0 Å². The van der Waals surface area contributed by atoms with Gasteiger partial charge in [0.2, 0.25) is 0 Å². The van der Waals surface area contributed by atoms with E-state index in [0.29, 0.717) is 5.02 Å². The van der Waals surface area contributed by atoms with E-state index in [2.05, 4.69) is 49.2 Å². The van der Waals surface area contributed by atoms with Crippen LogP contribution in [0, 0.1) is 0 Å².